The van der Waals surface area contributed by atoms with Gasteiger partial charge in [-0.3, -0.25) is 4.79 Å². The highest BCUT2D eigenvalue weighted by Crippen LogP contribution is 2.24. The highest BCUT2D eigenvalue weighted by molar-refractivity contribution is 5.76. The molecule has 1 aliphatic rings. The summed E-state index contributed by atoms with van der Waals surface area (Å²) in [6.07, 6.45) is 85.5. The maximum absolute atomic E-state index is 13.2. The number of aliphatic hydroxyl groups excluding tert-OH is 5. The van der Waals surface area contributed by atoms with Gasteiger partial charge >= 0.3 is 0 Å². The minimum absolute atomic E-state index is 0.139. The van der Waals surface area contributed by atoms with Gasteiger partial charge < -0.3 is 40.3 Å². The zero-order chi connectivity index (χ0) is 62.1. The summed E-state index contributed by atoms with van der Waals surface area (Å²) in [6, 6.07) is -0.726. The number of allylic oxidation sites excluding steroid dienone is 12. The van der Waals surface area contributed by atoms with Crippen LogP contribution in [0.15, 0.2) is 72.9 Å². The van der Waals surface area contributed by atoms with E-state index in [0.29, 0.717) is 12.8 Å². The molecule has 0 aromatic rings. The standard InChI is InChI=1S/C77H141NO8/c1-3-5-7-9-11-13-15-17-19-21-23-25-27-29-31-33-35-37-38-40-42-44-46-48-50-52-54-56-58-60-62-64-66-71(80)70(69-85-77-76(84)75(83)74(82)72(68-79)86-77)78-73(81)67-65-63-61-59-57-55-53-51-49-47-45-43-41-39-36-34-32-30-28-26-24-22-20-18-16-14-12-10-8-6-4-2/h6,8,12,14,18,20,24,26,30,32,36,39,70-72,74-77,79-80,82-84H,3-5,7,9-11,13,15-17,19,21-23,25,27-29,31,33-35,37-38,40-69H2,1-2H3,(H,78,81)/b8-6-,14-12-,20-18-,26-24-,32-30-,39-36-. The molecule has 1 rings (SSSR count). The third-order valence-corrected chi connectivity index (χ3v) is 17.6. The molecule has 1 aliphatic heterocycles. The van der Waals surface area contributed by atoms with Crippen LogP contribution >= 0.6 is 0 Å². The summed E-state index contributed by atoms with van der Waals surface area (Å²) >= 11 is 0. The van der Waals surface area contributed by atoms with Crippen LogP contribution in [0.4, 0.5) is 0 Å². The minimum atomic E-state index is -1.56. The summed E-state index contributed by atoms with van der Waals surface area (Å²) in [6.45, 7) is 3.77. The Bertz CT molecular complexity index is 1590. The van der Waals surface area contributed by atoms with Crippen molar-refractivity contribution in [3.05, 3.63) is 72.9 Å². The Morgan fingerprint density at radius 1 is 0.407 bits per heavy atom. The molecule has 1 heterocycles. The second kappa shape index (κ2) is 65.6. The van der Waals surface area contributed by atoms with E-state index < -0.39 is 49.5 Å². The van der Waals surface area contributed by atoms with Crippen molar-refractivity contribution in [1.82, 2.24) is 5.32 Å². The fraction of sp³-hybridized carbons (Fsp3) is 0.831. The molecule has 9 nitrogen and oxygen atoms in total. The molecule has 7 atom stereocenters. The van der Waals surface area contributed by atoms with Crippen molar-refractivity contribution in [2.75, 3.05) is 13.2 Å². The van der Waals surface area contributed by atoms with E-state index in [0.717, 1.165) is 77.0 Å². The maximum atomic E-state index is 13.2. The first kappa shape index (κ1) is 81.6. The van der Waals surface area contributed by atoms with Gasteiger partial charge in [-0.15, -0.1) is 0 Å². The van der Waals surface area contributed by atoms with E-state index in [4.69, 9.17) is 9.47 Å². The lowest BCUT2D eigenvalue weighted by Gasteiger charge is -2.40. The lowest BCUT2D eigenvalue weighted by Crippen LogP contribution is -2.60. The molecule has 0 aromatic carbocycles. The largest absolute Gasteiger partial charge is 0.394 e. The first-order valence-electron chi connectivity index (χ1n) is 37.1. The molecule has 502 valence electrons. The average molecular weight is 1210 g/mol. The number of rotatable bonds is 65. The number of hydrogen-bond acceptors (Lipinski definition) is 8. The number of aliphatic hydroxyl groups is 5. The van der Waals surface area contributed by atoms with Crippen molar-refractivity contribution in [2.24, 2.45) is 0 Å². The molecular weight excluding hydrogens is 1070 g/mol. The summed E-state index contributed by atoms with van der Waals surface area (Å²) in [5.74, 6) is -0.144. The number of unbranched alkanes of at least 4 members (excludes halogenated alkanes) is 43. The smallest absolute Gasteiger partial charge is 0.220 e. The predicted molar refractivity (Wildman–Crippen MR) is 369 cm³/mol. The lowest BCUT2D eigenvalue weighted by molar-refractivity contribution is -0.302. The zero-order valence-electron chi connectivity index (χ0n) is 56.3. The molecule has 0 radical (unpaired) electrons. The molecular formula is C77H141NO8. The van der Waals surface area contributed by atoms with Crippen LogP contribution in [0.2, 0.25) is 0 Å². The van der Waals surface area contributed by atoms with Crippen molar-refractivity contribution in [2.45, 2.75) is 397 Å². The van der Waals surface area contributed by atoms with Crippen molar-refractivity contribution >= 4 is 5.91 Å². The van der Waals surface area contributed by atoms with Crippen LogP contribution in [0, 0.1) is 0 Å². The van der Waals surface area contributed by atoms with E-state index >= 15 is 0 Å². The normalized spacial score (nSPS) is 18.4. The molecule has 1 amide bonds. The van der Waals surface area contributed by atoms with Crippen molar-refractivity contribution in [1.29, 1.82) is 0 Å². The first-order valence-corrected chi connectivity index (χ1v) is 37.1. The Labute approximate surface area is 531 Å². The number of carbonyl (C=O) groups excluding carboxylic acids is 1. The summed E-state index contributed by atoms with van der Waals surface area (Å²) in [7, 11) is 0. The minimum Gasteiger partial charge on any atom is -0.394 e. The van der Waals surface area contributed by atoms with Crippen LogP contribution in [0.5, 0.6) is 0 Å². The van der Waals surface area contributed by atoms with E-state index in [1.807, 2.05) is 0 Å². The van der Waals surface area contributed by atoms with Gasteiger partial charge in [0.05, 0.1) is 25.4 Å². The van der Waals surface area contributed by atoms with Gasteiger partial charge in [0, 0.05) is 6.42 Å². The Morgan fingerprint density at radius 2 is 0.721 bits per heavy atom. The average Bonchev–Trinajstić information content (AvgIpc) is 3.59. The second-order valence-electron chi connectivity index (χ2n) is 25.7. The number of amides is 1. The van der Waals surface area contributed by atoms with E-state index in [-0.39, 0.29) is 12.5 Å². The quantitative estimate of drug-likeness (QED) is 0.0261. The van der Waals surface area contributed by atoms with E-state index in [2.05, 4.69) is 92.1 Å². The van der Waals surface area contributed by atoms with Crippen molar-refractivity contribution in [3.63, 3.8) is 0 Å². The topological polar surface area (TPSA) is 149 Å². The number of hydrogen-bond donors (Lipinski definition) is 6. The molecule has 1 fully saturated rings. The van der Waals surface area contributed by atoms with Gasteiger partial charge in [0.15, 0.2) is 6.29 Å². The zero-order valence-corrected chi connectivity index (χ0v) is 56.3. The van der Waals surface area contributed by atoms with Crippen molar-refractivity contribution < 1.29 is 39.8 Å². The molecule has 0 aliphatic carbocycles. The Morgan fingerprint density at radius 3 is 1.07 bits per heavy atom. The summed E-state index contributed by atoms with van der Waals surface area (Å²) in [5.41, 5.74) is 0. The van der Waals surface area contributed by atoms with Gasteiger partial charge in [0.2, 0.25) is 5.91 Å². The highest BCUT2D eigenvalue weighted by atomic mass is 16.7. The molecule has 0 aromatic heterocycles. The number of carbonyl (C=O) groups is 1. The Hall–Kier alpha value is -2.37. The predicted octanol–water partition coefficient (Wildman–Crippen LogP) is 20.7. The fourth-order valence-corrected chi connectivity index (χ4v) is 11.8. The third-order valence-electron chi connectivity index (χ3n) is 17.6. The molecule has 86 heavy (non-hydrogen) atoms. The van der Waals surface area contributed by atoms with Crippen LogP contribution in [0.3, 0.4) is 0 Å². The van der Waals surface area contributed by atoms with Gasteiger partial charge in [-0.05, 0) is 64.2 Å². The number of nitrogens with one attached hydrogen (secondary N) is 1. The Kier molecular flexibility index (Phi) is 62.3. The molecule has 7 unspecified atom stereocenters. The monoisotopic (exact) mass is 1210 g/mol. The molecule has 1 saturated heterocycles. The van der Waals surface area contributed by atoms with Crippen LogP contribution in [0.1, 0.15) is 354 Å². The first-order chi connectivity index (χ1) is 42.3. The van der Waals surface area contributed by atoms with E-state index in [1.54, 1.807) is 0 Å². The molecule has 9 heteroatoms. The molecule has 0 spiro atoms. The SMILES string of the molecule is CC/C=C\C/C=C\C/C=C\C/C=C\C/C=C\C/C=C\CCCCCCCCCCCCCCC(=O)NC(COC1OC(CO)C(O)C(O)C1O)C(O)CCCCCCCCCCCCCCCCCCCCCCCCCCCCCCCCCC. The Balaban J connectivity index is 2.10. The van der Waals surface area contributed by atoms with Crippen LogP contribution in [-0.4, -0.2) is 87.5 Å². The van der Waals surface area contributed by atoms with Gasteiger partial charge in [-0.25, -0.2) is 0 Å². The van der Waals surface area contributed by atoms with Gasteiger partial charge in [-0.1, -0.05) is 356 Å². The van der Waals surface area contributed by atoms with Gasteiger partial charge in [0.1, 0.15) is 24.4 Å². The second-order valence-corrected chi connectivity index (χ2v) is 25.7. The van der Waals surface area contributed by atoms with E-state index in [9.17, 15) is 30.3 Å². The fourth-order valence-electron chi connectivity index (χ4n) is 11.8. The summed E-state index contributed by atoms with van der Waals surface area (Å²) in [5, 5.41) is 55.0. The van der Waals surface area contributed by atoms with Gasteiger partial charge in [-0.2, -0.15) is 0 Å². The highest BCUT2D eigenvalue weighted by Gasteiger charge is 2.44. The summed E-state index contributed by atoms with van der Waals surface area (Å²) < 4.78 is 11.4. The van der Waals surface area contributed by atoms with Crippen LogP contribution in [0.25, 0.3) is 0 Å². The third kappa shape index (κ3) is 53.5. The lowest BCUT2D eigenvalue weighted by atomic mass is 9.99. The maximum Gasteiger partial charge on any atom is 0.220 e. The molecule has 0 saturated carbocycles. The summed E-state index contributed by atoms with van der Waals surface area (Å²) in [4.78, 5) is 13.2. The number of ether oxygens (including phenoxy) is 2. The van der Waals surface area contributed by atoms with Gasteiger partial charge in [0.25, 0.3) is 0 Å². The van der Waals surface area contributed by atoms with E-state index in [1.165, 1.54) is 250 Å². The molecule has 0 bridgehead atoms. The molecule has 6 N–H and O–H groups in total. The van der Waals surface area contributed by atoms with Crippen molar-refractivity contribution in [3.8, 4) is 0 Å². The van der Waals surface area contributed by atoms with Crippen LogP contribution in [-0.2, 0) is 14.3 Å². The van der Waals surface area contributed by atoms with Crippen LogP contribution < -0.4 is 5.32 Å².